The molecule has 1 saturated heterocycles. The summed E-state index contributed by atoms with van der Waals surface area (Å²) in [6.45, 7) is 1.78. The minimum atomic E-state index is -4.92. The number of hydrogen-bond acceptors (Lipinski definition) is 3. The first-order valence-electron chi connectivity index (χ1n) is 8.31. The zero-order valence-electron chi connectivity index (χ0n) is 15.6. The number of alkyl halides is 3. The number of methoxy groups -OCH3 is 1. The van der Waals surface area contributed by atoms with E-state index in [0.29, 0.717) is 13.0 Å². The Hall–Kier alpha value is -1.90. The average molecular weight is 356 g/mol. The predicted molar refractivity (Wildman–Crippen MR) is 73.3 cm³/mol. The Kier molecular flexibility index (Phi) is 3.53. The van der Waals surface area contributed by atoms with Crippen molar-refractivity contribution in [1.29, 1.82) is 0 Å². The van der Waals surface area contributed by atoms with Crippen LogP contribution in [-0.4, -0.2) is 30.8 Å². The third kappa shape index (κ3) is 2.60. The van der Waals surface area contributed by atoms with E-state index in [0.717, 1.165) is 13.0 Å². The highest BCUT2D eigenvalue weighted by molar-refractivity contribution is 5.81. The van der Waals surface area contributed by atoms with Crippen LogP contribution in [0, 0.1) is 17.6 Å². The molecule has 134 valence electrons. The highest BCUT2D eigenvalue weighted by Crippen LogP contribution is 2.54. The molecule has 2 N–H and O–H groups in total. The molecule has 1 heterocycles. The van der Waals surface area contributed by atoms with E-state index in [9.17, 15) is 26.7 Å². The summed E-state index contributed by atoms with van der Waals surface area (Å²) in [4.78, 5) is 11.7. The molecule has 1 aromatic carbocycles. The molecule has 1 aromatic rings. The molecule has 0 spiro atoms. The van der Waals surface area contributed by atoms with Crippen molar-refractivity contribution >= 4 is 5.91 Å². The van der Waals surface area contributed by atoms with Crippen LogP contribution in [0.3, 0.4) is 0 Å². The second-order valence-corrected chi connectivity index (χ2v) is 5.74. The van der Waals surface area contributed by atoms with E-state index in [-0.39, 0.29) is 0 Å². The third-order valence-corrected chi connectivity index (χ3v) is 4.49. The quantitative estimate of drug-likeness (QED) is 0.847. The van der Waals surface area contributed by atoms with Gasteiger partial charge in [-0.05, 0) is 13.0 Å². The van der Waals surface area contributed by atoms with Gasteiger partial charge in [0.25, 0.3) is 0 Å². The maximum absolute atomic E-state index is 14.2. The molecule has 1 aliphatic heterocycles. The fraction of sp³-hybridized carbons (Fsp3) is 0.533. The smallest absolute Gasteiger partial charge is 0.417 e. The van der Waals surface area contributed by atoms with Crippen molar-refractivity contribution in [1.82, 2.24) is 0 Å². The first kappa shape index (κ1) is 14.4. The van der Waals surface area contributed by atoms with Gasteiger partial charge >= 0.3 is 6.18 Å². The second kappa shape index (κ2) is 5.87. The molecule has 1 fully saturated rings. The molecule has 9 heteroatoms. The lowest BCUT2D eigenvalue weighted by Gasteiger charge is -2.32. The number of benzene rings is 1. The molecule has 0 aliphatic carbocycles. The highest BCUT2D eigenvalue weighted by Gasteiger charge is 2.65. The number of halogens is 5. The molecule has 24 heavy (non-hydrogen) atoms. The van der Waals surface area contributed by atoms with Crippen molar-refractivity contribution in [3.05, 3.63) is 29.3 Å². The van der Waals surface area contributed by atoms with Crippen LogP contribution in [0.25, 0.3) is 0 Å². The number of primary amides is 1. The number of hydrogen-bond donors (Lipinski definition) is 1. The maximum atomic E-state index is 14.2. The van der Waals surface area contributed by atoms with Gasteiger partial charge in [0.1, 0.15) is 6.10 Å². The third-order valence-electron chi connectivity index (χ3n) is 4.49. The minimum absolute atomic E-state index is 0.464. The first-order chi connectivity index (χ1) is 12.1. The number of nitrogens with two attached hydrogens (primary N) is 1. The van der Waals surface area contributed by atoms with Gasteiger partial charge in [0, 0.05) is 17.4 Å². The second-order valence-electron chi connectivity index (χ2n) is 5.74. The lowest BCUT2D eigenvalue weighted by Crippen LogP contribution is -2.47. The van der Waals surface area contributed by atoms with Crippen molar-refractivity contribution in [2.45, 2.75) is 37.6 Å². The lowest BCUT2D eigenvalue weighted by atomic mass is 9.77. The molecule has 0 saturated carbocycles. The van der Waals surface area contributed by atoms with E-state index >= 15 is 0 Å². The Morgan fingerprint density at radius 3 is 2.54 bits per heavy atom. The lowest BCUT2D eigenvalue weighted by molar-refractivity contribution is -0.272. The number of ether oxygens (including phenoxy) is 2. The van der Waals surface area contributed by atoms with Gasteiger partial charge in [-0.15, -0.1) is 0 Å². The van der Waals surface area contributed by atoms with Crippen LogP contribution in [0.2, 0.25) is 0 Å². The van der Waals surface area contributed by atoms with Crippen molar-refractivity contribution < 1.29 is 40.3 Å². The first-order valence-corrected chi connectivity index (χ1v) is 6.81. The van der Waals surface area contributed by atoms with Crippen LogP contribution in [-0.2, 0) is 9.53 Å². The Morgan fingerprint density at radius 1 is 1.42 bits per heavy atom. The number of carbonyl (C=O) groups excluding carboxylic acids is 1. The number of amides is 1. The van der Waals surface area contributed by atoms with Gasteiger partial charge in [-0.2, -0.15) is 17.6 Å². The van der Waals surface area contributed by atoms with Gasteiger partial charge in [0.15, 0.2) is 17.2 Å². The van der Waals surface area contributed by atoms with E-state index < -0.39 is 65.6 Å². The van der Waals surface area contributed by atoms with Crippen LogP contribution in [0.1, 0.15) is 29.4 Å². The van der Waals surface area contributed by atoms with Crippen LogP contribution in [0.5, 0.6) is 5.75 Å². The van der Waals surface area contributed by atoms with Crippen LogP contribution in [0.4, 0.5) is 22.0 Å². The van der Waals surface area contributed by atoms with Crippen molar-refractivity contribution in [2.24, 2.45) is 11.7 Å². The topological polar surface area (TPSA) is 61.5 Å². The molecule has 1 amide bonds. The minimum Gasteiger partial charge on any atom is -0.493 e. The van der Waals surface area contributed by atoms with E-state index in [2.05, 4.69) is 4.74 Å². The van der Waals surface area contributed by atoms with E-state index in [1.54, 1.807) is 0 Å². The Labute approximate surface area is 138 Å². The molecular formula is C15H16F5NO3. The standard InChI is InChI=1S/C15H16F5NO3/c1-6-9(7-4-5-8(16)10(17)11(7)23-3)12(13(21)22)24-14(6,2)15(18,19)20/h4-6,9,12H,1-3H3,(H2,21,22)/t6-,9-,12+,14+/m0/s1/i3D3. The van der Waals surface area contributed by atoms with Gasteiger partial charge in [-0.25, -0.2) is 4.39 Å². The monoisotopic (exact) mass is 356 g/mol. The summed E-state index contributed by atoms with van der Waals surface area (Å²) in [6.07, 6.45) is -6.78. The van der Waals surface area contributed by atoms with Crippen molar-refractivity contribution in [3.63, 3.8) is 0 Å². The summed E-state index contributed by atoms with van der Waals surface area (Å²) < 4.78 is 98.9. The Bertz CT molecular complexity index is 755. The summed E-state index contributed by atoms with van der Waals surface area (Å²) in [6, 6.07) is 1.44. The van der Waals surface area contributed by atoms with Gasteiger partial charge in [-0.1, -0.05) is 13.0 Å². The van der Waals surface area contributed by atoms with Crippen LogP contribution >= 0.6 is 0 Å². The highest BCUT2D eigenvalue weighted by atomic mass is 19.4. The molecule has 0 radical (unpaired) electrons. The van der Waals surface area contributed by atoms with Gasteiger partial charge in [0.2, 0.25) is 11.7 Å². The Balaban J connectivity index is 2.68. The van der Waals surface area contributed by atoms with E-state index in [4.69, 9.17) is 14.6 Å². The zero-order chi connectivity index (χ0) is 20.9. The SMILES string of the molecule is [2H]C([2H])([2H])Oc1c([C@H]2[C@H](C(N)=O)O[C@@](C)(C(F)(F)F)[C@H]2C)ccc(F)c1F. The fourth-order valence-corrected chi connectivity index (χ4v) is 2.95. The van der Waals surface area contributed by atoms with Crippen LogP contribution in [0.15, 0.2) is 12.1 Å². The molecule has 4 atom stereocenters. The summed E-state index contributed by atoms with van der Waals surface area (Å²) in [5.74, 6) is -8.60. The summed E-state index contributed by atoms with van der Waals surface area (Å²) in [5, 5.41) is 0. The zero-order valence-corrected chi connectivity index (χ0v) is 12.6. The molecular weight excluding hydrogens is 337 g/mol. The molecule has 0 bridgehead atoms. The van der Waals surface area contributed by atoms with Gasteiger partial charge in [0.05, 0.1) is 11.2 Å². The summed E-state index contributed by atoms with van der Waals surface area (Å²) >= 11 is 0. The van der Waals surface area contributed by atoms with Gasteiger partial charge in [-0.3, -0.25) is 4.79 Å². The van der Waals surface area contributed by atoms with E-state index in [1.807, 2.05) is 0 Å². The van der Waals surface area contributed by atoms with Crippen molar-refractivity contribution in [3.8, 4) is 5.75 Å². The number of carbonyl (C=O) groups is 1. The van der Waals surface area contributed by atoms with Crippen LogP contribution < -0.4 is 10.5 Å². The average Bonchev–Trinajstić information content (AvgIpc) is 2.77. The summed E-state index contributed by atoms with van der Waals surface area (Å²) in [7, 11) is -3.22. The number of rotatable bonds is 3. The molecule has 1 aliphatic rings. The predicted octanol–water partition coefficient (Wildman–Crippen LogP) is 2.90. The summed E-state index contributed by atoms with van der Waals surface area (Å²) in [5.41, 5.74) is 1.85. The van der Waals surface area contributed by atoms with E-state index in [1.165, 1.54) is 0 Å². The maximum Gasteiger partial charge on any atom is 0.417 e. The fourth-order valence-electron chi connectivity index (χ4n) is 2.95. The Morgan fingerprint density at radius 2 is 2.04 bits per heavy atom. The molecule has 0 unspecified atom stereocenters. The van der Waals surface area contributed by atoms with Crippen molar-refractivity contribution in [2.75, 3.05) is 7.04 Å². The molecule has 2 rings (SSSR count). The normalized spacial score (nSPS) is 32.8. The largest absolute Gasteiger partial charge is 0.493 e. The molecule has 0 aromatic heterocycles. The molecule has 4 nitrogen and oxygen atoms in total. The van der Waals surface area contributed by atoms with Gasteiger partial charge < -0.3 is 15.2 Å².